The summed E-state index contributed by atoms with van der Waals surface area (Å²) in [4.78, 5) is 48.0. The summed E-state index contributed by atoms with van der Waals surface area (Å²) in [5.74, 6) is -1.73. The lowest BCUT2D eigenvalue weighted by Crippen LogP contribution is -2.42. The molecule has 0 unspecified atom stereocenters. The quantitative estimate of drug-likeness (QED) is 0.414. The molecule has 0 spiro atoms. The summed E-state index contributed by atoms with van der Waals surface area (Å²) in [5.41, 5.74) is 4.14. The number of hydrogen-bond donors (Lipinski definition) is 1. The second-order valence-electron chi connectivity index (χ2n) is 4.95. The Labute approximate surface area is 150 Å². The van der Waals surface area contributed by atoms with E-state index in [1.165, 1.54) is 14.1 Å². The molecule has 1 aromatic carbocycles. The first-order valence-corrected chi connectivity index (χ1v) is 7.84. The molecule has 0 radical (unpaired) electrons. The average Bonchev–Trinajstić information content (AvgIpc) is 2.56. The molecule has 8 nitrogen and oxygen atoms in total. The Kier molecular flexibility index (Phi) is 5.22. The molecular formula is C15H14IN3O5. The van der Waals surface area contributed by atoms with Crippen molar-refractivity contribution in [2.45, 2.75) is 0 Å². The molecule has 0 bridgehead atoms. The number of nitrogens with zero attached hydrogens (tertiary/aromatic N) is 2. The Morgan fingerprint density at radius 3 is 2.42 bits per heavy atom. The van der Waals surface area contributed by atoms with E-state index >= 15 is 0 Å². The van der Waals surface area contributed by atoms with Crippen LogP contribution in [0.4, 0.5) is 5.82 Å². The van der Waals surface area contributed by atoms with Crippen LogP contribution in [0, 0.1) is 3.57 Å². The largest absolute Gasteiger partial charge is 0.454 e. The second kappa shape index (κ2) is 6.99. The molecule has 0 aliphatic carbocycles. The zero-order valence-corrected chi connectivity index (χ0v) is 15.1. The van der Waals surface area contributed by atoms with Crippen LogP contribution in [-0.2, 0) is 18.8 Å². The lowest BCUT2D eigenvalue weighted by molar-refractivity contribution is 0.0473. The standard InChI is InChI=1S/C15H14IN3O5/c1-18-12(17)11(13(21)19(2)15(18)23)10(20)7-24-14(22)8-5-3-4-6-9(8)16/h3-6H,7,17H2,1-2H3. The Hall–Kier alpha value is -2.43. The smallest absolute Gasteiger partial charge is 0.339 e. The van der Waals surface area contributed by atoms with Gasteiger partial charge in [0.2, 0.25) is 5.78 Å². The molecule has 24 heavy (non-hydrogen) atoms. The fourth-order valence-corrected chi connectivity index (χ4v) is 2.64. The number of anilines is 1. The van der Waals surface area contributed by atoms with Crippen molar-refractivity contribution in [2.75, 3.05) is 12.3 Å². The van der Waals surface area contributed by atoms with Gasteiger partial charge in [-0.1, -0.05) is 12.1 Å². The van der Waals surface area contributed by atoms with Crippen molar-refractivity contribution in [3.8, 4) is 0 Å². The van der Waals surface area contributed by atoms with Gasteiger partial charge in [0, 0.05) is 17.7 Å². The first-order valence-electron chi connectivity index (χ1n) is 6.76. The molecule has 2 aromatic rings. The zero-order valence-electron chi connectivity index (χ0n) is 12.9. The fourth-order valence-electron chi connectivity index (χ4n) is 2.03. The van der Waals surface area contributed by atoms with E-state index in [1.807, 2.05) is 22.6 Å². The number of ether oxygens (including phenoxy) is 1. The molecule has 0 saturated heterocycles. The first kappa shape index (κ1) is 17.9. The van der Waals surface area contributed by atoms with Gasteiger partial charge in [-0.05, 0) is 34.7 Å². The summed E-state index contributed by atoms with van der Waals surface area (Å²) in [6, 6.07) is 6.72. The van der Waals surface area contributed by atoms with Crippen LogP contribution in [0.3, 0.4) is 0 Å². The van der Waals surface area contributed by atoms with E-state index in [4.69, 9.17) is 10.5 Å². The maximum absolute atomic E-state index is 12.2. The molecule has 0 fully saturated rings. The highest BCUT2D eigenvalue weighted by atomic mass is 127. The lowest BCUT2D eigenvalue weighted by atomic mass is 10.2. The summed E-state index contributed by atoms with van der Waals surface area (Å²) in [6.07, 6.45) is 0. The predicted molar refractivity (Wildman–Crippen MR) is 95.1 cm³/mol. The van der Waals surface area contributed by atoms with Gasteiger partial charge in [0.25, 0.3) is 5.56 Å². The van der Waals surface area contributed by atoms with Gasteiger partial charge in [0.05, 0.1) is 5.56 Å². The Morgan fingerprint density at radius 1 is 1.17 bits per heavy atom. The molecule has 1 heterocycles. The number of ketones is 1. The van der Waals surface area contributed by atoms with Crippen molar-refractivity contribution in [1.29, 1.82) is 0 Å². The summed E-state index contributed by atoms with van der Waals surface area (Å²) in [7, 11) is 2.57. The molecule has 1 aromatic heterocycles. The normalized spacial score (nSPS) is 10.5. The van der Waals surface area contributed by atoms with E-state index in [0.29, 0.717) is 9.13 Å². The van der Waals surface area contributed by atoms with Crippen molar-refractivity contribution in [1.82, 2.24) is 9.13 Å². The third-order valence-corrected chi connectivity index (χ3v) is 4.36. The van der Waals surface area contributed by atoms with Crippen LogP contribution in [0.15, 0.2) is 33.9 Å². The van der Waals surface area contributed by atoms with E-state index in [0.717, 1.165) is 9.13 Å². The van der Waals surface area contributed by atoms with Crippen LogP contribution in [0.2, 0.25) is 0 Å². The third-order valence-electron chi connectivity index (χ3n) is 3.42. The van der Waals surface area contributed by atoms with E-state index in [9.17, 15) is 19.2 Å². The number of Topliss-reactive ketones (excluding diaryl/α,β-unsaturated/α-hetero) is 1. The van der Waals surface area contributed by atoms with Gasteiger partial charge in [0.15, 0.2) is 6.61 Å². The van der Waals surface area contributed by atoms with Crippen molar-refractivity contribution >= 4 is 40.2 Å². The van der Waals surface area contributed by atoms with Crippen molar-refractivity contribution in [3.63, 3.8) is 0 Å². The van der Waals surface area contributed by atoms with Crippen LogP contribution >= 0.6 is 22.6 Å². The van der Waals surface area contributed by atoms with Gasteiger partial charge in [-0.2, -0.15) is 0 Å². The van der Waals surface area contributed by atoms with Gasteiger partial charge in [-0.25, -0.2) is 9.59 Å². The van der Waals surface area contributed by atoms with Crippen molar-refractivity contribution in [2.24, 2.45) is 14.1 Å². The van der Waals surface area contributed by atoms with E-state index in [2.05, 4.69) is 0 Å². The van der Waals surface area contributed by atoms with Gasteiger partial charge in [0.1, 0.15) is 11.4 Å². The molecule has 9 heteroatoms. The molecule has 0 saturated carbocycles. The summed E-state index contributed by atoms with van der Waals surface area (Å²) in [5, 5.41) is 0. The Morgan fingerprint density at radius 2 is 1.79 bits per heavy atom. The zero-order chi connectivity index (χ0) is 18.0. The third kappa shape index (κ3) is 3.25. The predicted octanol–water partition coefficient (Wildman–Crippen LogP) is 0.310. The first-order chi connectivity index (χ1) is 11.3. The molecule has 0 aliphatic heterocycles. The number of esters is 1. The van der Waals surface area contributed by atoms with E-state index < -0.39 is 29.6 Å². The number of carbonyl (C=O) groups excluding carboxylic acids is 2. The monoisotopic (exact) mass is 443 g/mol. The number of rotatable bonds is 4. The van der Waals surface area contributed by atoms with Crippen LogP contribution in [0.5, 0.6) is 0 Å². The molecular weight excluding hydrogens is 429 g/mol. The molecule has 2 rings (SSSR count). The van der Waals surface area contributed by atoms with Gasteiger partial charge in [-0.3, -0.25) is 18.7 Å². The summed E-state index contributed by atoms with van der Waals surface area (Å²) < 4.78 is 7.38. The van der Waals surface area contributed by atoms with Gasteiger partial charge >= 0.3 is 11.7 Å². The maximum Gasteiger partial charge on any atom is 0.339 e. The number of nitrogen functional groups attached to an aromatic ring is 1. The molecule has 0 amide bonds. The van der Waals surface area contributed by atoms with E-state index in [1.54, 1.807) is 24.3 Å². The number of aromatic nitrogens is 2. The highest BCUT2D eigenvalue weighted by Crippen LogP contribution is 2.13. The Bertz CT molecular complexity index is 945. The van der Waals surface area contributed by atoms with E-state index in [-0.39, 0.29) is 11.4 Å². The molecule has 0 aliphatic rings. The van der Waals surface area contributed by atoms with Crippen LogP contribution < -0.4 is 17.0 Å². The highest BCUT2D eigenvalue weighted by molar-refractivity contribution is 14.1. The van der Waals surface area contributed by atoms with Crippen LogP contribution in [0.1, 0.15) is 20.7 Å². The van der Waals surface area contributed by atoms with Crippen molar-refractivity contribution < 1.29 is 14.3 Å². The minimum atomic E-state index is -0.828. The van der Waals surface area contributed by atoms with Crippen LogP contribution in [0.25, 0.3) is 0 Å². The average molecular weight is 443 g/mol. The number of nitrogens with two attached hydrogens (primary N) is 1. The van der Waals surface area contributed by atoms with Crippen LogP contribution in [-0.4, -0.2) is 27.5 Å². The SMILES string of the molecule is Cn1c(N)c(C(=O)COC(=O)c2ccccc2I)c(=O)n(C)c1=O. The number of benzene rings is 1. The summed E-state index contributed by atoms with van der Waals surface area (Å²) in [6.45, 7) is -0.651. The fraction of sp³-hybridized carbons (Fsp3) is 0.200. The van der Waals surface area contributed by atoms with Gasteiger partial charge in [-0.15, -0.1) is 0 Å². The highest BCUT2D eigenvalue weighted by Gasteiger charge is 2.22. The lowest BCUT2D eigenvalue weighted by Gasteiger charge is -2.11. The second-order valence-corrected chi connectivity index (χ2v) is 6.11. The molecule has 0 atom stereocenters. The molecule has 126 valence electrons. The minimum Gasteiger partial charge on any atom is -0.454 e. The number of halogens is 1. The molecule has 2 N–H and O–H groups in total. The Balaban J connectivity index is 2.26. The minimum absolute atomic E-state index is 0.265. The van der Waals surface area contributed by atoms with Gasteiger partial charge < -0.3 is 10.5 Å². The number of carbonyl (C=O) groups is 2. The van der Waals surface area contributed by atoms with Crippen molar-refractivity contribution in [3.05, 3.63) is 59.8 Å². The maximum atomic E-state index is 12.2. The topological polar surface area (TPSA) is 113 Å². The number of hydrogen-bond acceptors (Lipinski definition) is 6. The summed E-state index contributed by atoms with van der Waals surface area (Å²) >= 11 is 1.97.